The van der Waals surface area contributed by atoms with Crippen molar-refractivity contribution in [1.82, 2.24) is 5.43 Å². The van der Waals surface area contributed by atoms with Gasteiger partial charge in [0.25, 0.3) is 0 Å². The quantitative estimate of drug-likeness (QED) is 0.646. The van der Waals surface area contributed by atoms with E-state index >= 15 is 0 Å². The summed E-state index contributed by atoms with van der Waals surface area (Å²) in [6.07, 6.45) is 7.74. The molecule has 1 saturated carbocycles. The predicted molar refractivity (Wildman–Crippen MR) is 76.5 cm³/mol. The van der Waals surface area contributed by atoms with Crippen LogP contribution in [-0.4, -0.2) is 12.6 Å². The maximum atomic E-state index is 6.03. The van der Waals surface area contributed by atoms with Gasteiger partial charge in [-0.15, -0.1) is 0 Å². The molecule has 2 aliphatic rings. The van der Waals surface area contributed by atoms with Crippen molar-refractivity contribution in [2.75, 3.05) is 6.61 Å². The molecule has 0 aromatic heterocycles. The summed E-state index contributed by atoms with van der Waals surface area (Å²) in [5.74, 6) is 6.63. The highest BCUT2D eigenvalue weighted by Crippen LogP contribution is 2.35. The van der Waals surface area contributed by atoms with Crippen LogP contribution in [0.1, 0.15) is 49.3 Å². The minimum atomic E-state index is 0.121. The minimum Gasteiger partial charge on any atom is -0.371 e. The molecule has 2 unspecified atom stereocenters. The van der Waals surface area contributed by atoms with E-state index in [2.05, 4.69) is 29.7 Å². The molecule has 3 N–H and O–H groups in total. The van der Waals surface area contributed by atoms with Crippen LogP contribution in [0.4, 0.5) is 0 Å². The van der Waals surface area contributed by atoms with E-state index in [1.54, 1.807) is 0 Å². The van der Waals surface area contributed by atoms with Crippen LogP contribution in [0.15, 0.2) is 24.3 Å². The second kappa shape index (κ2) is 6.04. The SMILES string of the molecule is NNC(CC1CCCC1)C1OCCc2ccccc21. The third-order valence-electron chi connectivity index (χ3n) is 4.67. The van der Waals surface area contributed by atoms with Crippen molar-refractivity contribution in [3.8, 4) is 0 Å². The fraction of sp³-hybridized carbons (Fsp3) is 0.625. The van der Waals surface area contributed by atoms with Crippen molar-refractivity contribution >= 4 is 0 Å². The van der Waals surface area contributed by atoms with Gasteiger partial charge < -0.3 is 4.74 Å². The summed E-state index contributed by atoms with van der Waals surface area (Å²) < 4.78 is 6.03. The molecule has 1 heterocycles. The topological polar surface area (TPSA) is 47.3 Å². The Kier molecular flexibility index (Phi) is 4.16. The highest BCUT2D eigenvalue weighted by molar-refractivity contribution is 5.31. The first-order valence-electron chi connectivity index (χ1n) is 7.54. The van der Waals surface area contributed by atoms with Crippen LogP contribution in [0.3, 0.4) is 0 Å². The highest BCUT2D eigenvalue weighted by atomic mass is 16.5. The number of nitrogens with one attached hydrogen (secondary N) is 1. The molecule has 3 heteroatoms. The van der Waals surface area contributed by atoms with Crippen molar-refractivity contribution in [1.29, 1.82) is 0 Å². The van der Waals surface area contributed by atoms with Crippen molar-refractivity contribution < 1.29 is 4.74 Å². The molecule has 0 spiro atoms. The monoisotopic (exact) mass is 260 g/mol. The second-order valence-electron chi connectivity index (χ2n) is 5.90. The molecule has 1 aliphatic carbocycles. The third-order valence-corrected chi connectivity index (χ3v) is 4.67. The molecule has 104 valence electrons. The number of hydrogen-bond donors (Lipinski definition) is 2. The maximum absolute atomic E-state index is 6.03. The largest absolute Gasteiger partial charge is 0.371 e. The zero-order valence-electron chi connectivity index (χ0n) is 11.5. The summed E-state index contributed by atoms with van der Waals surface area (Å²) in [7, 11) is 0. The smallest absolute Gasteiger partial charge is 0.0994 e. The molecule has 1 fully saturated rings. The molecule has 1 aliphatic heterocycles. The van der Waals surface area contributed by atoms with E-state index in [-0.39, 0.29) is 12.1 Å². The van der Waals surface area contributed by atoms with Crippen LogP contribution in [0.5, 0.6) is 0 Å². The van der Waals surface area contributed by atoms with Gasteiger partial charge in [-0.2, -0.15) is 0 Å². The molecule has 0 saturated heterocycles. The molecule has 1 aromatic rings. The Balaban J connectivity index is 1.76. The average molecular weight is 260 g/mol. The Bertz CT molecular complexity index is 415. The van der Waals surface area contributed by atoms with Crippen LogP contribution in [-0.2, 0) is 11.2 Å². The van der Waals surface area contributed by atoms with E-state index in [4.69, 9.17) is 10.6 Å². The molecule has 3 nitrogen and oxygen atoms in total. The van der Waals surface area contributed by atoms with Gasteiger partial charge in [0.05, 0.1) is 18.8 Å². The Hall–Kier alpha value is -0.900. The van der Waals surface area contributed by atoms with E-state index in [1.165, 1.54) is 36.8 Å². The van der Waals surface area contributed by atoms with E-state index in [9.17, 15) is 0 Å². The average Bonchev–Trinajstić information content (AvgIpc) is 2.97. The van der Waals surface area contributed by atoms with Crippen molar-refractivity contribution in [3.63, 3.8) is 0 Å². The van der Waals surface area contributed by atoms with Gasteiger partial charge in [-0.3, -0.25) is 11.3 Å². The van der Waals surface area contributed by atoms with Crippen molar-refractivity contribution in [2.24, 2.45) is 11.8 Å². The summed E-state index contributed by atoms with van der Waals surface area (Å²) in [4.78, 5) is 0. The lowest BCUT2D eigenvalue weighted by atomic mass is 9.88. The number of nitrogens with two attached hydrogens (primary N) is 1. The molecule has 0 radical (unpaired) electrons. The molecule has 0 amide bonds. The van der Waals surface area contributed by atoms with Crippen LogP contribution >= 0.6 is 0 Å². The molecular weight excluding hydrogens is 236 g/mol. The number of fused-ring (bicyclic) bond motifs is 1. The number of rotatable bonds is 4. The standard InChI is InChI=1S/C16H24N2O/c17-18-15(11-12-5-1-2-6-12)16-14-8-4-3-7-13(14)9-10-19-16/h3-4,7-8,12,15-16,18H,1-2,5-6,9-11,17H2. The molecule has 0 bridgehead atoms. The number of benzene rings is 1. The van der Waals surface area contributed by atoms with Crippen LogP contribution < -0.4 is 11.3 Å². The highest BCUT2D eigenvalue weighted by Gasteiger charge is 2.30. The summed E-state index contributed by atoms with van der Waals surface area (Å²) in [5, 5.41) is 0. The summed E-state index contributed by atoms with van der Waals surface area (Å²) in [6, 6.07) is 8.86. The first-order chi connectivity index (χ1) is 9.38. The van der Waals surface area contributed by atoms with Crippen LogP contribution in [0, 0.1) is 5.92 Å². The fourth-order valence-corrected chi connectivity index (χ4v) is 3.64. The van der Waals surface area contributed by atoms with Gasteiger partial charge in [0.15, 0.2) is 0 Å². The first-order valence-corrected chi connectivity index (χ1v) is 7.54. The van der Waals surface area contributed by atoms with E-state index < -0.39 is 0 Å². The molecule has 1 aromatic carbocycles. The molecule has 3 rings (SSSR count). The Morgan fingerprint density at radius 3 is 2.84 bits per heavy atom. The molecule has 2 atom stereocenters. The summed E-state index contributed by atoms with van der Waals surface area (Å²) in [5.41, 5.74) is 5.76. The van der Waals surface area contributed by atoms with Gasteiger partial charge in [0.1, 0.15) is 0 Å². The van der Waals surface area contributed by atoms with E-state index in [0.717, 1.165) is 25.4 Å². The summed E-state index contributed by atoms with van der Waals surface area (Å²) >= 11 is 0. The van der Waals surface area contributed by atoms with Gasteiger partial charge in [0.2, 0.25) is 0 Å². The summed E-state index contributed by atoms with van der Waals surface area (Å²) in [6.45, 7) is 0.810. The molecule has 19 heavy (non-hydrogen) atoms. The van der Waals surface area contributed by atoms with Crippen molar-refractivity contribution in [3.05, 3.63) is 35.4 Å². The number of ether oxygens (including phenoxy) is 1. The van der Waals surface area contributed by atoms with Crippen LogP contribution in [0.2, 0.25) is 0 Å². The zero-order chi connectivity index (χ0) is 13.1. The number of hydrogen-bond acceptors (Lipinski definition) is 3. The Morgan fingerprint density at radius 2 is 2.05 bits per heavy atom. The lowest BCUT2D eigenvalue weighted by molar-refractivity contribution is 0.00939. The van der Waals surface area contributed by atoms with Gasteiger partial charge in [-0.05, 0) is 29.9 Å². The minimum absolute atomic E-state index is 0.121. The van der Waals surface area contributed by atoms with Gasteiger partial charge in [-0.1, -0.05) is 49.9 Å². The van der Waals surface area contributed by atoms with Gasteiger partial charge >= 0.3 is 0 Å². The van der Waals surface area contributed by atoms with E-state index in [1.807, 2.05) is 0 Å². The fourth-order valence-electron chi connectivity index (χ4n) is 3.64. The Morgan fingerprint density at radius 1 is 1.26 bits per heavy atom. The second-order valence-corrected chi connectivity index (χ2v) is 5.90. The molecular formula is C16H24N2O. The number of hydrazine groups is 1. The third kappa shape index (κ3) is 2.83. The predicted octanol–water partition coefficient (Wildman–Crippen LogP) is 2.71. The van der Waals surface area contributed by atoms with Crippen LogP contribution in [0.25, 0.3) is 0 Å². The lowest BCUT2D eigenvalue weighted by Crippen LogP contribution is -2.43. The normalized spacial score (nSPS) is 25.2. The first kappa shape index (κ1) is 13.1. The lowest BCUT2D eigenvalue weighted by Gasteiger charge is -2.33. The van der Waals surface area contributed by atoms with Gasteiger partial charge in [-0.25, -0.2) is 0 Å². The van der Waals surface area contributed by atoms with Crippen molar-refractivity contribution in [2.45, 2.75) is 50.7 Å². The van der Waals surface area contributed by atoms with Gasteiger partial charge in [0, 0.05) is 0 Å². The van der Waals surface area contributed by atoms with E-state index in [0.29, 0.717) is 0 Å². The maximum Gasteiger partial charge on any atom is 0.0994 e. The zero-order valence-corrected chi connectivity index (χ0v) is 11.5. The Labute approximate surface area is 115 Å².